The van der Waals surface area contributed by atoms with Crippen LogP contribution in [0.5, 0.6) is 0 Å². The van der Waals surface area contributed by atoms with Gasteiger partial charge in [-0.15, -0.1) is 0 Å². The third-order valence-corrected chi connectivity index (χ3v) is 13.9. The Morgan fingerprint density at radius 3 is 2.25 bits per heavy atom. The third kappa shape index (κ3) is 10.3. The highest BCUT2D eigenvalue weighted by molar-refractivity contribution is 5.93. The Morgan fingerprint density at radius 1 is 0.949 bits per heavy atom. The summed E-state index contributed by atoms with van der Waals surface area (Å²) in [6.45, 7) is 12.1. The second-order valence-electron chi connectivity index (χ2n) is 18.1. The van der Waals surface area contributed by atoms with Gasteiger partial charge in [-0.3, -0.25) is 14.4 Å². The lowest BCUT2D eigenvalue weighted by Crippen LogP contribution is -2.68. The first-order chi connectivity index (χ1) is 28.1. The molecule has 15 atom stereocenters. The number of hydrogen-bond acceptors (Lipinski definition) is 13. The molecule has 334 valence electrons. The quantitative estimate of drug-likeness (QED) is 0.147. The molecule has 14 nitrogen and oxygen atoms in total. The zero-order valence-corrected chi connectivity index (χ0v) is 36.8. The molecule has 1 saturated carbocycles. The van der Waals surface area contributed by atoms with E-state index in [2.05, 4.69) is 6.92 Å². The Balaban J connectivity index is 1.54. The number of epoxide rings is 1. The fourth-order valence-corrected chi connectivity index (χ4v) is 10.3. The van der Waals surface area contributed by atoms with Crippen molar-refractivity contribution >= 4 is 24.1 Å². The monoisotopic (exact) mass is 833 g/mol. The molecular formula is C45H71NO13. The number of piperidine rings is 1. The van der Waals surface area contributed by atoms with Crippen LogP contribution in [0.2, 0.25) is 0 Å². The van der Waals surface area contributed by atoms with E-state index in [1.165, 1.54) is 4.90 Å². The van der Waals surface area contributed by atoms with Gasteiger partial charge in [-0.2, -0.15) is 0 Å². The van der Waals surface area contributed by atoms with E-state index in [0.29, 0.717) is 76.3 Å². The number of amides is 1. The molecule has 4 heterocycles. The zero-order chi connectivity index (χ0) is 43.2. The number of aliphatic hydroxyl groups excluding tert-OH is 1. The number of Topliss-reactive ketones (excluding diaryl/α,β-unsaturated/α-hetero) is 1. The number of carbonyl (C=O) groups is 4. The predicted molar refractivity (Wildman–Crippen MR) is 217 cm³/mol. The van der Waals surface area contributed by atoms with Crippen LogP contribution in [0.4, 0.5) is 0 Å². The maximum Gasteiger partial charge on any atom is 0.329 e. The van der Waals surface area contributed by atoms with Crippen LogP contribution in [-0.4, -0.2) is 134 Å². The number of hydrogen-bond donors (Lipinski definition) is 2. The lowest BCUT2D eigenvalue weighted by molar-refractivity contribution is -0.340. The minimum Gasteiger partial charge on any atom is -0.462 e. The molecule has 0 aromatic carbocycles. The zero-order valence-electron chi connectivity index (χ0n) is 36.8. The molecule has 3 saturated heterocycles. The van der Waals surface area contributed by atoms with E-state index in [1.54, 1.807) is 28.3 Å². The summed E-state index contributed by atoms with van der Waals surface area (Å²) in [4.78, 5) is 55.9. The summed E-state index contributed by atoms with van der Waals surface area (Å²) in [5.41, 5.74) is -0.0255. The van der Waals surface area contributed by atoms with E-state index in [1.807, 2.05) is 39.8 Å². The average molecular weight is 834 g/mol. The third-order valence-electron chi connectivity index (χ3n) is 13.9. The fourth-order valence-electron chi connectivity index (χ4n) is 10.3. The van der Waals surface area contributed by atoms with Crippen molar-refractivity contribution in [1.82, 2.24) is 4.90 Å². The molecule has 0 aromatic heterocycles. The number of esters is 1. The predicted octanol–water partition coefficient (Wildman–Crippen LogP) is 4.85. The molecule has 4 fully saturated rings. The Bertz CT molecular complexity index is 1530. The lowest BCUT2D eigenvalue weighted by Gasteiger charge is -2.50. The molecule has 0 aromatic rings. The number of fused-ring (bicyclic) bond motifs is 4. The van der Waals surface area contributed by atoms with Crippen molar-refractivity contribution in [1.29, 1.82) is 0 Å². The first-order valence-electron chi connectivity index (χ1n) is 21.9. The molecule has 2 N–H and O–H groups in total. The van der Waals surface area contributed by atoms with Crippen molar-refractivity contribution in [3.8, 4) is 0 Å². The van der Waals surface area contributed by atoms with Crippen molar-refractivity contribution in [2.45, 2.75) is 172 Å². The van der Waals surface area contributed by atoms with Crippen LogP contribution in [0.25, 0.3) is 0 Å². The van der Waals surface area contributed by atoms with Gasteiger partial charge in [-0.25, -0.2) is 4.79 Å². The van der Waals surface area contributed by atoms with Gasteiger partial charge >= 0.3 is 5.97 Å². The highest BCUT2D eigenvalue weighted by Crippen LogP contribution is 2.51. The van der Waals surface area contributed by atoms with Crippen molar-refractivity contribution in [3.05, 3.63) is 23.3 Å². The SMILES string of the molecule is CC[C@@H]1/C=C(\C)C[C@H](C)C[C@H](OC)[C@H]2O[C@](O)([C@H](C)C[C@@H]2OC)[C@]2(CO2)C(=O)N2CCCC[C@H]2C(=O)O[C@H](/C(C)=C/[C@@H]2CC[C@@H](OC=O)[C@H](OC)C2)[C@H](C)[C@@H](O)CC1=O. The van der Waals surface area contributed by atoms with Gasteiger partial charge in [0.25, 0.3) is 12.4 Å². The van der Waals surface area contributed by atoms with Crippen LogP contribution < -0.4 is 0 Å². The van der Waals surface area contributed by atoms with Gasteiger partial charge in [0.05, 0.1) is 31.0 Å². The molecule has 59 heavy (non-hydrogen) atoms. The van der Waals surface area contributed by atoms with E-state index >= 15 is 0 Å². The van der Waals surface area contributed by atoms with E-state index in [0.717, 1.165) is 5.57 Å². The van der Waals surface area contributed by atoms with Gasteiger partial charge in [0, 0.05) is 52.0 Å². The first kappa shape index (κ1) is 47.3. The normalized spacial score (nSPS) is 43.1. The molecule has 5 rings (SSSR count). The number of carbonyl (C=O) groups excluding carboxylic acids is 4. The smallest absolute Gasteiger partial charge is 0.329 e. The van der Waals surface area contributed by atoms with Gasteiger partial charge in [-0.1, -0.05) is 45.4 Å². The number of nitrogens with zero attached hydrogens (tertiary/aromatic N) is 1. The highest BCUT2D eigenvalue weighted by atomic mass is 16.7. The molecule has 5 aliphatic rings. The summed E-state index contributed by atoms with van der Waals surface area (Å²) in [6, 6.07) is -0.989. The maximum absolute atomic E-state index is 14.8. The molecule has 0 radical (unpaired) electrons. The van der Waals surface area contributed by atoms with Crippen molar-refractivity contribution in [2.75, 3.05) is 34.5 Å². The Labute approximate surface area is 350 Å². The number of rotatable bonds is 8. The maximum atomic E-state index is 14.8. The molecule has 4 aliphatic heterocycles. The average Bonchev–Trinajstić information content (AvgIpc) is 4.04. The van der Waals surface area contributed by atoms with E-state index < -0.39 is 77.6 Å². The number of allylic oxidation sites excluding steroid dienone is 3. The molecule has 2 bridgehead atoms. The summed E-state index contributed by atoms with van der Waals surface area (Å²) in [5, 5.41) is 24.3. The summed E-state index contributed by atoms with van der Waals surface area (Å²) < 4.78 is 41.9. The summed E-state index contributed by atoms with van der Waals surface area (Å²) in [5.74, 6) is -4.93. The topological polar surface area (TPSA) is 180 Å². The van der Waals surface area contributed by atoms with Gasteiger partial charge in [0.2, 0.25) is 11.4 Å². The van der Waals surface area contributed by atoms with Crippen molar-refractivity contribution < 1.29 is 62.5 Å². The Hall–Kier alpha value is -2.72. The minimum absolute atomic E-state index is 0.00154. The van der Waals surface area contributed by atoms with Gasteiger partial charge in [0.1, 0.15) is 30.1 Å². The number of ether oxygens (including phenoxy) is 7. The van der Waals surface area contributed by atoms with E-state index in [-0.39, 0.29) is 49.4 Å². The number of methoxy groups -OCH3 is 3. The molecule has 1 spiro atoms. The Kier molecular flexibility index (Phi) is 16.4. The summed E-state index contributed by atoms with van der Waals surface area (Å²) in [6.07, 6.45) is 5.09. The van der Waals surface area contributed by atoms with Crippen molar-refractivity contribution in [3.63, 3.8) is 0 Å². The minimum atomic E-state index is -2.05. The summed E-state index contributed by atoms with van der Waals surface area (Å²) >= 11 is 0. The van der Waals surface area contributed by atoms with Gasteiger partial charge in [-0.05, 0) is 95.5 Å². The number of aliphatic hydroxyl groups is 2. The summed E-state index contributed by atoms with van der Waals surface area (Å²) in [7, 11) is 4.78. The number of ketones is 1. The van der Waals surface area contributed by atoms with Crippen LogP contribution in [0, 0.1) is 29.6 Å². The molecular weight excluding hydrogens is 762 g/mol. The van der Waals surface area contributed by atoms with Crippen LogP contribution in [0.1, 0.15) is 112 Å². The highest BCUT2D eigenvalue weighted by Gasteiger charge is 2.73. The lowest BCUT2D eigenvalue weighted by atomic mass is 9.78. The second kappa shape index (κ2) is 20.4. The Morgan fingerprint density at radius 2 is 1.63 bits per heavy atom. The van der Waals surface area contributed by atoms with Crippen LogP contribution >= 0.6 is 0 Å². The second-order valence-corrected chi connectivity index (χ2v) is 18.1. The van der Waals surface area contributed by atoms with Crippen LogP contribution in [0.15, 0.2) is 23.3 Å². The van der Waals surface area contributed by atoms with Crippen LogP contribution in [-0.2, 0) is 52.3 Å². The molecule has 1 aliphatic carbocycles. The molecule has 1 amide bonds. The first-order valence-corrected chi connectivity index (χ1v) is 21.9. The standard InChI is InChI=1S/C45H71NO13/c1-10-32-18-26(2)17-27(3)19-38(54-8)41-39(55-9)21-29(5)45(52,59-41)44(24-57-44)43(51)46-16-12-11-13-33(46)42(50)58-40(30(6)34(48)23-35(32)49)28(4)20-31-14-15-36(56-25-47)37(22-31)53-7/h18,20,25,27,29-34,36-41,48,52H,10-17,19,21-24H2,1-9H3/b26-18+,28-20+/t27-,29+,30+,31-,32+,33-,34-,36+,37+,38-,39-,40+,41+,44-,45+/m0/s1. The van der Waals surface area contributed by atoms with E-state index in [9.17, 15) is 29.4 Å². The van der Waals surface area contributed by atoms with E-state index in [4.69, 9.17) is 33.2 Å². The van der Waals surface area contributed by atoms with Gasteiger partial charge in [0.15, 0.2) is 0 Å². The number of cyclic esters (lactones) is 1. The largest absolute Gasteiger partial charge is 0.462 e. The molecule has 0 unspecified atom stereocenters. The van der Waals surface area contributed by atoms with Crippen LogP contribution in [0.3, 0.4) is 0 Å². The van der Waals surface area contributed by atoms with Gasteiger partial charge < -0.3 is 48.3 Å². The fraction of sp³-hybridized carbons (Fsp3) is 0.822. The molecule has 14 heteroatoms. The van der Waals surface area contributed by atoms with Crippen molar-refractivity contribution in [2.24, 2.45) is 29.6 Å².